The number of ether oxygens (including phenoxy) is 2. The second-order valence-corrected chi connectivity index (χ2v) is 60.5. The van der Waals surface area contributed by atoms with Gasteiger partial charge in [0.15, 0.2) is 0 Å². The second-order valence-electron chi connectivity index (χ2n) is 60.5. The number of aliphatic hydroxyl groups is 5. The van der Waals surface area contributed by atoms with E-state index in [0.717, 1.165) is 296 Å². The number of carbonyl (C=O) groups is 5. The normalized spacial score (nSPS) is 48.8. The first kappa shape index (κ1) is 110. The lowest BCUT2D eigenvalue weighted by Gasteiger charge is -2.57. The van der Waals surface area contributed by atoms with Crippen LogP contribution in [0.15, 0.2) is 30.3 Å². The molecule has 25 rings (SSSR count). The van der Waals surface area contributed by atoms with Crippen molar-refractivity contribution in [3.8, 4) is 0 Å². The van der Waals surface area contributed by atoms with Gasteiger partial charge in [0.2, 0.25) is 23.6 Å². The van der Waals surface area contributed by atoms with Gasteiger partial charge in [-0.1, -0.05) is 104 Å². The number of benzene rings is 1. The minimum absolute atomic E-state index is 0.161. The fraction of sp³-hybridized carbons (Fsp3) is 0.917. The minimum Gasteiger partial charge on any atom is -0.390 e. The molecule has 148 heavy (non-hydrogen) atoms. The molecular weight excluding hydrogens is 1830 g/mol. The molecule has 0 bridgehead atoms. The molecule has 22 aliphatic carbocycles. The van der Waals surface area contributed by atoms with E-state index in [2.05, 4.69) is 84.2 Å². The van der Waals surface area contributed by atoms with Crippen molar-refractivity contribution >= 4 is 35.1 Å². The van der Waals surface area contributed by atoms with Gasteiger partial charge in [0.05, 0.1) is 34.6 Å². The maximum atomic E-state index is 13.7. The van der Waals surface area contributed by atoms with Crippen molar-refractivity contribution in [1.29, 1.82) is 0 Å². The van der Waals surface area contributed by atoms with Gasteiger partial charge in [0, 0.05) is 108 Å². The lowest BCUT2D eigenvalue weighted by atomic mass is 9.49. The number of rotatable bonds is 10. The molecule has 4 amide bonds. The van der Waals surface area contributed by atoms with Crippen molar-refractivity contribution in [2.45, 2.75) is 488 Å². The number of anilines is 1. The zero-order valence-corrected chi connectivity index (χ0v) is 95.8. The van der Waals surface area contributed by atoms with Crippen LogP contribution in [0.4, 0.5) is 5.69 Å². The summed E-state index contributed by atoms with van der Waals surface area (Å²) in [4.78, 5) is 76.1. The van der Waals surface area contributed by atoms with E-state index >= 15 is 0 Å². The van der Waals surface area contributed by atoms with Gasteiger partial charge in [-0.05, 0) is 549 Å². The predicted molar refractivity (Wildman–Crippen MR) is 590 cm³/mol. The molecule has 2 heterocycles. The summed E-state index contributed by atoms with van der Waals surface area (Å²) >= 11 is 0. The van der Waals surface area contributed by atoms with Crippen LogP contribution in [0, 0.1) is 211 Å². The summed E-state index contributed by atoms with van der Waals surface area (Å²) in [6, 6.07) is 11.0. The van der Waals surface area contributed by atoms with Crippen molar-refractivity contribution in [3.63, 3.8) is 0 Å². The third-order valence-corrected chi connectivity index (χ3v) is 52.5. The van der Waals surface area contributed by atoms with Crippen LogP contribution in [0.1, 0.15) is 448 Å². The van der Waals surface area contributed by atoms with Crippen LogP contribution in [0.25, 0.3) is 0 Å². The average molecular weight is 2050 g/mol. The second kappa shape index (κ2) is 43.9. The van der Waals surface area contributed by atoms with E-state index in [9.17, 15) is 49.5 Å². The van der Waals surface area contributed by atoms with Crippen molar-refractivity contribution in [2.24, 2.45) is 211 Å². The average Bonchev–Trinajstić information content (AvgIpc) is 1.56. The zero-order chi connectivity index (χ0) is 104. The summed E-state index contributed by atoms with van der Waals surface area (Å²) in [5, 5.41) is 53.0. The monoisotopic (exact) mass is 2050 g/mol. The lowest BCUT2D eigenvalue weighted by molar-refractivity contribution is -0.147. The molecule has 0 aromatic heterocycles. The summed E-state index contributed by atoms with van der Waals surface area (Å²) in [7, 11) is 6.12. The highest BCUT2D eigenvalue weighted by atomic mass is 16.5. The first-order valence-corrected chi connectivity index (χ1v) is 64.1. The zero-order valence-electron chi connectivity index (χ0n) is 95.8. The molecule has 16 nitrogen and oxygen atoms in total. The van der Waals surface area contributed by atoms with E-state index in [1.807, 2.05) is 56.1 Å². The van der Waals surface area contributed by atoms with Crippen LogP contribution in [0.3, 0.4) is 0 Å². The largest absolute Gasteiger partial charge is 0.390 e. The molecule has 0 unspecified atom stereocenters. The summed E-state index contributed by atoms with van der Waals surface area (Å²) in [5.74, 6) is 24.3. The molecule has 40 atom stereocenters. The summed E-state index contributed by atoms with van der Waals surface area (Å²) in [6.07, 6.45) is 71.0. The summed E-state index contributed by atoms with van der Waals surface area (Å²) < 4.78 is 11.1. The van der Waals surface area contributed by atoms with Crippen LogP contribution in [-0.2, 0) is 33.4 Å². The van der Waals surface area contributed by atoms with Gasteiger partial charge in [-0.2, -0.15) is 0 Å². The first-order valence-electron chi connectivity index (χ1n) is 64.1. The van der Waals surface area contributed by atoms with E-state index in [0.29, 0.717) is 71.3 Å². The van der Waals surface area contributed by atoms with Crippen LogP contribution in [0.5, 0.6) is 0 Å². The molecule has 5 N–H and O–H groups in total. The van der Waals surface area contributed by atoms with E-state index < -0.39 is 28.0 Å². The minimum atomic E-state index is -0.440. The Bertz CT molecular complexity index is 4560. The van der Waals surface area contributed by atoms with Gasteiger partial charge >= 0.3 is 0 Å². The Morgan fingerprint density at radius 1 is 0.284 bits per heavy atom. The van der Waals surface area contributed by atoms with E-state index in [-0.39, 0.29) is 45.3 Å². The molecule has 16 heteroatoms. The third kappa shape index (κ3) is 21.5. The Kier molecular flexibility index (Phi) is 32.6. The van der Waals surface area contributed by atoms with Crippen LogP contribution >= 0.6 is 0 Å². The molecule has 24 aliphatic rings. The van der Waals surface area contributed by atoms with Crippen molar-refractivity contribution in [2.75, 3.05) is 65.6 Å². The van der Waals surface area contributed by atoms with Crippen LogP contribution in [-0.4, -0.2) is 170 Å². The molecule has 2 aliphatic heterocycles. The van der Waals surface area contributed by atoms with Gasteiger partial charge in [-0.15, -0.1) is 0 Å². The van der Waals surface area contributed by atoms with Gasteiger partial charge in [0.1, 0.15) is 5.78 Å². The van der Waals surface area contributed by atoms with Crippen LogP contribution in [0.2, 0.25) is 0 Å². The lowest BCUT2D eigenvalue weighted by Crippen LogP contribution is -2.52. The molecule has 2 saturated heterocycles. The topological polar surface area (TPSA) is 218 Å². The number of hydrogen-bond acceptors (Lipinski definition) is 12. The molecule has 1 aromatic carbocycles. The molecule has 0 radical (unpaired) electrons. The highest BCUT2D eigenvalue weighted by molar-refractivity contribution is 5.95. The fourth-order valence-corrected chi connectivity index (χ4v) is 45.0. The van der Waals surface area contributed by atoms with Gasteiger partial charge < -0.3 is 54.6 Å². The predicted octanol–water partition coefficient (Wildman–Crippen LogP) is 26.9. The van der Waals surface area contributed by atoms with E-state index in [1.165, 1.54) is 263 Å². The molecular formula is C132H212N4O12. The molecule has 0 spiro atoms. The van der Waals surface area contributed by atoms with Gasteiger partial charge in [-0.25, -0.2) is 0 Å². The van der Waals surface area contributed by atoms with Gasteiger partial charge in [0.25, 0.3) is 0 Å². The molecule has 832 valence electrons. The number of carbonyl (C=O) groups excluding carboxylic acids is 5. The molecule has 22 saturated carbocycles. The highest BCUT2D eigenvalue weighted by Crippen LogP contribution is 2.73. The van der Waals surface area contributed by atoms with Gasteiger partial charge in [-0.3, -0.25) is 24.0 Å². The number of hydrogen-bond donors (Lipinski definition) is 5. The number of fused-ring (bicyclic) bond motifs is 25. The molecule has 1 aromatic rings. The Morgan fingerprint density at radius 2 is 0.581 bits per heavy atom. The standard InChI is InChI=1S/C27H45NO2.C27H39NO2.C27H44O2.C26H43NO3.C25H41NO3/c2*1-26(30)15-13-20-18(17-26)9-10-22-21(20)14-16-27(2)23(22)11-12-24(27)25(29)28(3)19-7-5-4-6-8-19;1-26(29)14-12-20-19(17-26)8-9-22-21(20)13-15-27(2)23(22)10-11-24(27)25(28)16-18-6-4-3-5-7-18;1-25(29)12-8-19-17(16-25)4-5-21-20(19)9-13-26(2)22(21)6-7-23(26)24(28)27(3)18-10-14-30-15-11-18;1-24(28)10-8-18-17(16-24)4-5-20-19(18)9-11-25(2)21(20)6-7-22(25)23(27)26-12-3-14-29-15-13-26/h18-24,30H,4-17H2,1-3H3;4-8,18,20-24,30H,9-17H2,1-3H3;18-24,29H,3-17H2,1-2H3;17-23,29H,4-16H2,1-3H3;17-22,28H,3-16H2,1-2H3/t2*18-,20+,21-,22-,23+,24-,26-,27+;19-,20+,21-,22-,23+,24-,26-,27+;17-,19+,20-,21-,22+,23-,25-,26+;17-,18+,19-,20-,21+,22-,24-,25+/m11111/s1. The summed E-state index contributed by atoms with van der Waals surface area (Å²) in [6.45, 7) is 27.4. The smallest absolute Gasteiger partial charge is 0.230 e. The Labute approximate surface area is 897 Å². The Balaban J connectivity index is 0.000000108. The highest BCUT2D eigenvalue weighted by Gasteiger charge is 2.67. The van der Waals surface area contributed by atoms with Crippen molar-refractivity contribution in [3.05, 3.63) is 30.3 Å². The Morgan fingerprint density at radius 3 is 0.939 bits per heavy atom. The summed E-state index contributed by atoms with van der Waals surface area (Å²) in [5.41, 5.74) is -0.0453. The molecule has 24 fully saturated rings. The SMILES string of the molecule is CN(C(=O)[C@H]1CC[C@H]2[C@@H]3CC[C@@H]4C[C@](C)(O)CC[C@@H]4[C@H]3CC[C@]12C)C1CCCCC1.CN(C(=O)[C@H]1CC[C@H]2[C@@H]3CC[C@@H]4C[C@](C)(O)CC[C@@H]4[C@H]3CC[C@]12C)C1CCOCC1.CN(C(=O)[C@H]1CC[C@H]2[C@@H]3CC[C@@H]4C[C@](C)(O)CC[C@@H]4[C@H]3CC[C@]12C)c1ccccc1.C[C@@]1(O)CC[C@H]2[C@H](CC[C@@H]3[C@@H]2CC[C@]2(C)[C@@H](C(=O)CC4CCCCC4)CC[C@@H]32)C1.C[C@@]1(O)CC[C@H]2[C@H](CC[C@@H]3[C@@H]2CC[C@]2(C)[C@@H](C(=O)N4CCCOCC4)CC[C@@H]32)C1. The third-order valence-electron chi connectivity index (χ3n) is 52.5. The number of amides is 4. The number of nitrogens with zero attached hydrogens (tertiary/aromatic N) is 4. The number of para-hydroxylation sites is 1. The maximum Gasteiger partial charge on any atom is 0.230 e. The van der Waals surface area contributed by atoms with E-state index in [4.69, 9.17) is 9.47 Å². The number of Topliss-reactive ketones (excluding diaryl/α,β-unsaturated/α-hetero) is 1. The van der Waals surface area contributed by atoms with Crippen molar-refractivity contribution < 1.29 is 59.0 Å². The fourth-order valence-electron chi connectivity index (χ4n) is 45.0. The van der Waals surface area contributed by atoms with Crippen molar-refractivity contribution in [1.82, 2.24) is 14.7 Å². The van der Waals surface area contributed by atoms with Crippen LogP contribution < -0.4 is 4.90 Å². The maximum absolute atomic E-state index is 13.7. The van der Waals surface area contributed by atoms with E-state index in [1.54, 1.807) is 0 Å². The first-order chi connectivity index (χ1) is 70.7. The Hall–Kier alpha value is -3.51. The number of ketones is 1. The quantitative estimate of drug-likeness (QED) is 0.148.